The monoisotopic (exact) mass is 385 g/mol. The van der Waals surface area contributed by atoms with E-state index in [4.69, 9.17) is 9.47 Å². The van der Waals surface area contributed by atoms with Gasteiger partial charge in [0, 0.05) is 12.6 Å². The van der Waals surface area contributed by atoms with Crippen LogP contribution in [0.4, 0.5) is 5.13 Å². The van der Waals surface area contributed by atoms with Crippen LogP contribution in [-0.2, 0) is 12.8 Å². The van der Waals surface area contributed by atoms with Crippen molar-refractivity contribution < 1.29 is 14.3 Å². The van der Waals surface area contributed by atoms with E-state index in [0.717, 1.165) is 17.0 Å². The third-order valence-corrected chi connectivity index (χ3v) is 4.82. The summed E-state index contributed by atoms with van der Waals surface area (Å²) in [6.45, 7) is 1.76. The summed E-state index contributed by atoms with van der Waals surface area (Å²) >= 11 is 1.35. The molecular weight excluding hydrogens is 366 g/mol. The molecule has 1 aromatic carbocycles. The van der Waals surface area contributed by atoms with Crippen molar-refractivity contribution in [2.24, 2.45) is 0 Å². The van der Waals surface area contributed by atoms with Gasteiger partial charge in [0.25, 0.3) is 5.91 Å². The van der Waals surface area contributed by atoms with Crippen LogP contribution in [0.1, 0.15) is 26.6 Å². The number of carbonyl (C=O) groups is 1. The molecule has 2 heterocycles. The number of amides is 1. The van der Waals surface area contributed by atoms with Gasteiger partial charge in [0.05, 0.1) is 25.5 Å². The third kappa shape index (κ3) is 4.56. The lowest BCUT2D eigenvalue weighted by atomic mass is 10.1. The highest BCUT2D eigenvalue weighted by Crippen LogP contribution is 2.28. The van der Waals surface area contributed by atoms with Gasteiger partial charge in [-0.25, -0.2) is 9.97 Å². The van der Waals surface area contributed by atoms with Gasteiger partial charge in [-0.05, 0) is 31.0 Å². The molecule has 27 heavy (non-hydrogen) atoms. The van der Waals surface area contributed by atoms with E-state index in [1.807, 2.05) is 18.2 Å². The Balaban J connectivity index is 1.61. The van der Waals surface area contributed by atoms with E-state index in [1.54, 1.807) is 21.1 Å². The summed E-state index contributed by atoms with van der Waals surface area (Å²) in [5.74, 6) is 1.10. The van der Waals surface area contributed by atoms with Crippen LogP contribution in [-0.4, -0.2) is 40.3 Å². The van der Waals surface area contributed by atoms with Crippen molar-refractivity contribution in [3.63, 3.8) is 0 Å². The maximum atomic E-state index is 12.3. The average Bonchev–Trinajstić information content (AvgIpc) is 3.13. The number of methoxy groups -OCH3 is 2. The fraction of sp³-hybridized carbons (Fsp3) is 0.278. The van der Waals surface area contributed by atoms with Crippen molar-refractivity contribution in [1.29, 1.82) is 0 Å². The van der Waals surface area contributed by atoms with Gasteiger partial charge in [-0.1, -0.05) is 17.4 Å². The normalized spacial score (nSPS) is 10.5. The largest absolute Gasteiger partial charge is 0.493 e. The quantitative estimate of drug-likeness (QED) is 0.667. The molecule has 9 heteroatoms. The van der Waals surface area contributed by atoms with Crippen LogP contribution in [0.2, 0.25) is 0 Å². The van der Waals surface area contributed by atoms with E-state index in [9.17, 15) is 4.79 Å². The lowest BCUT2D eigenvalue weighted by Crippen LogP contribution is -2.14. The van der Waals surface area contributed by atoms with E-state index in [1.165, 1.54) is 23.9 Å². The highest BCUT2D eigenvalue weighted by Gasteiger charge is 2.13. The fourth-order valence-electron chi connectivity index (χ4n) is 2.47. The Morgan fingerprint density at radius 3 is 2.70 bits per heavy atom. The smallest absolute Gasteiger partial charge is 0.260 e. The zero-order chi connectivity index (χ0) is 19.2. The SMILES string of the molecule is COc1ccc(CCc2nnc(NC(=O)c3cncnc3C)s2)cc1OC. The molecule has 0 fully saturated rings. The minimum atomic E-state index is -0.296. The fourth-order valence-corrected chi connectivity index (χ4v) is 3.21. The van der Waals surface area contributed by atoms with Gasteiger partial charge in [0.15, 0.2) is 11.5 Å². The van der Waals surface area contributed by atoms with Crippen LogP contribution in [0, 0.1) is 6.92 Å². The van der Waals surface area contributed by atoms with Crippen molar-refractivity contribution >= 4 is 22.4 Å². The number of rotatable bonds is 7. The third-order valence-electron chi connectivity index (χ3n) is 3.92. The van der Waals surface area contributed by atoms with Gasteiger partial charge >= 0.3 is 0 Å². The maximum absolute atomic E-state index is 12.3. The van der Waals surface area contributed by atoms with E-state index in [0.29, 0.717) is 34.3 Å². The van der Waals surface area contributed by atoms with E-state index in [2.05, 4.69) is 25.5 Å². The van der Waals surface area contributed by atoms with Crippen LogP contribution < -0.4 is 14.8 Å². The summed E-state index contributed by atoms with van der Waals surface area (Å²) in [5.41, 5.74) is 2.13. The summed E-state index contributed by atoms with van der Waals surface area (Å²) in [4.78, 5) is 20.2. The van der Waals surface area contributed by atoms with Gasteiger partial charge in [0.2, 0.25) is 5.13 Å². The molecule has 0 saturated carbocycles. The summed E-state index contributed by atoms with van der Waals surface area (Å²) < 4.78 is 10.6. The topological polar surface area (TPSA) is 99.1 Å². The maximum Gasteiger partial charge on any atom is 0.260 e. The molecule has 0 radical (unpaired) electrons. The number of hydrogen-bond donors (Lipinski definition) is 1. The zero-order valence-corrected chi connectivity index (χ0v) is 16.0. The first-order chi connectivity index (χ1) is 13.1. The molecule has 8 nitrogen and oxygen atoms in total. The van der Waals surface area contributed by atoms with Crippen LogP contribution in [0.15, 0.2) is 30.7 Å². The first-order valence-corrected chi connectivity index (χ1v) is 9.03. The van der Waals surface area contributed by atoms with Gasteiger partial charge in [0.1, 0.15) is 11.3 Å². The highest BCUT2D eigenvalue weighted by molar-refractivity contribution is 7.15. The van der Waals surface area contributed by atoms with E-state index >= 15 is 0 Å². The molecule has 1 amide bonds. The number of anilines is 1. The Morgan fingerprint density at radius 1 is 1.15 bits per heavy atom. The number of aromatic nitrogens is 4. The summed E-state index contributed by atoms with van der Waals surface area (Å²) in [5, 5.41) is 12.2. The molecule has 140 valence electrons. The zero-order valence-electron chi connectivity index (χ0n) is 15.2. The summed E-state index contributed by atoms with van der Waals surface area (Å²) in [6.07, 6.45) is 4.37. The van der Waals surface area contributed by atoms with Crippen molar-refractivity contribution in [2.45, 2.75) is 19.8 Å². The molecule has 0 unspecified atom stereocenters. The molecule has 1 N–H and O–H groups in total. The number of nitrogens with zero attached hydrogens (tertiary/aromatic N) is 4. The second-order valence-corrected chi connectivity index (χ2v) is 6.73. The second-order valence-electron chi connectivity index (χ2n) is 5.67. The predicted molar refractivity (Wildman–Crippen MR) is 102 cm³/mol. The lowest BCUT2D eigenvalue weighted by Gasteiger charge is -2.08. The minimum absolute atomic E-state index is 0.296. The van der Waals surface area contributed by atoms with Crippen molar-refractivity contribution in [2.75, 3.05) is 19.5 Å². The molecule has 0 atom stereocenters. The highest BCUT2D eigenvalue weighted by atomic mass is 32.1. The minimum Gasteiger partial charge on any atom is -0.493 e. The molecule has 0 aliphatic carbocycles. The van der Waals surface area contributed by atoms with Crippen molar-refractivity contribution in [3.05, 3.63) is 52.6 Å². The molecule has 0 spiro atoms. The van der Waals surface area contributed by atoms with Gasteiger partial charge in [-0.2, -0.15) is 0 Å². The number of nitrogens with one attached hydrogen (secondary N) is 1. The molecule has 3 rings (SSSR count). The molecule has 0 saturated heterocycles. The number of ether oxygens (including phenoxy) is 2. The van der Waals surface area contributed by atoms with Crippen LogP contribution in [0.5, 0.6) is 11.5 Å². The number of aryl methyl sites for hydroxylation is 3. The first-order valence-electron chi connectivity index (χ1n) is 8.22. The van der Waals surface area contributed by atoms with Gasteiger partial charge < -0.3 is 9.47 Å². The Kier molecular flexibility index (Phi) is 5.92. The molecule has 3 aromatic rings. The van der Waals surface area contributed by atoms with Crippen molar-refractivity contribution in [3.8, 4) is 11.5 Å². The predicted octanol–water partition coefficient (Wildman–Crippen LogP) is 2.69. The molecule has 0 aliphatic heterocycles. The lowest BCUT2D eigenvalue weighted by molar-refractivity contribution is 0.102. The van der Waals surface area contributed by atoms with Crippen LogP contribution in [0.3, 0.4) is 0 Å². The molecule has 0 aliphatic rings. The number of hydrogen-bond acceptors (Lipinski definition) is 8. The Bertz CT molecular complexity index is 944. The molecular formula is C18H19N5O3S. The Labute approximate surface area is 160 Å². The number of carbonyl (C=O) groups excluding carboxylic acids is 1. The van der Waals surface area contributed by atoms with Crippen LogP contribution in [0.25, 0.3) is 0 Å². The van der Waals surface area contributed by atoms with Crippen LogP contribution >= 0.6 is 11.3 Å². The average molecular weight is 385 g/mol. The molecule has 0 bridgehead atoms. The second kappa shape index (κ2) is 8.54. The standard InChI is InChI=1S/C18H19N5O3S/c1-11-13(9-19-10-20-11)17(24)21-18-23-22-16(27-18)7-5-12-4-6-14(25-2)15(8-12)26-3/h4,6,8-10H,5,7H2,1-3H3,(H,21,23,24). The summed E-state index contributed by atoms with van der Waals surface area (Å²) in [6, 6.07) is 5.81. The first kappa shape index (κ1) is 18.7. The molecule has 2 aromatic heterocycles. The summed E-state index contributed by atoms with van der Waals surface area (Å²) in [7, 11) is 3.22. The number of benzene rings is 1. The van der Waals surface area contributed by atoms with Gasteiger partial charge in [-0.3, -0.25) is 10.1 Å². The van der Waals surface area contributed by atoms with Crippen molar-refractivity contribution in [1.82, 2.24) is 20.2 Å². The Morgan fingerprint density at radius 2 is 1.96 bits per heavy atom. The van der Waals surface area contributed by atoms with Gasteiger partial charge in [-0.15, -0.1) is 10.2 Å². The Hall–Kier alpha value is -3.07. The van der Waals surface area contributed by atoms with E-state index in [-0.39, 0.29) is 5.91 Å². The van der Waals surface area contributed by atoms with E-state index < -0.39 is 0 Å².